The second kappa shape index (κ2) is 9.50. The van der Waals surface area contributed by atoms with Crippen LogP contribution < -0.4 is 10.7 Å². The molecule has 1 amide bonds. The Kier molecular flexibility index (Phi) is 7.02. The van der Waals surface area contributed by atoms with Gasteiger partial charge in [0.05, 0.1) is 5.71 Å². The van der Waals surface area contributed by atoms with Gasteiger partial charge in [0.15, 0.2) is 0 Å². The molecular weight excluding hydrogens is 298 g/mol. The van der Waals surface area contributed by atoms with Crippen LogP contribution in [0.2, 0.25) is 0 Å². The lowest BCUT2D eigenvalue weighted by Gasteiger charge is -2.07. The van der Waals surface area contributed by atoms with E-state index in [2.05, 4.69) is 34.9 Å². The van der Waals surface area contributed by atoms with Gasteiger partial charge in [-0.25, -0.2) is 5.43 Å². The molecule has 2 rings (SSSR count). The molecule has 0 aliphatic carbocycles. The number of carbonyl (C=O) groups is 1. The largest absolute Gasteiger partial charge is 0.385 e. The molecule has 0 saturated heterocycles. The predicted octanol–water partition coefficient (Wildman–Crippen LogP) is 4.12. The van der Waals surface area contributed by atoms with Crippen LogP contribution in [-0.2, 0) is 4.79 Å². The van der Waals surface area contributed by atoms with Crippen LogP contribution in [0.15, 0.2) is 59.7 Å². The molecule has 0 spiro atoms. The SMILES string of the molecule is CC/C(=N/NC(=O)CCCNc1cccc(C)c1)c1ccccc1. The van der Waals surface area contributed by atoms with Crippen molar-refractivity contribution < 1.29 is 4.79 Å². The van der Waals surface area contributed by atoms with Crippen molar-refractivity contribution in [2.75, 3.05) is 11.9 Å². The molecule has 0 heterocycles. The Morgan fingerprint density at radius 1 is 1.08 bits per heavy atom. The molecule has 0 aliphatic heterocycles. The van der Waals surface area contributed by atoms with Crippen molar-refractivity contribution in [1.82, 2.24) is 5.43 Å². The first-order chi connectivity index (χ1) is 11.7. The summed E-state index contributed by atoms with van der Waals surface area (Å²) in [5, 5.41) is 7.58. The van der Waals surface area contributed by atoms with Gasteiger partial charge in [-0.1, -0.05) is 49.4 Å². The first-order valence-corrected chi connectivity index (χ1v) is 8.40. The third kappa shape index (κ3) is 5.88. The van der Waals surface area contributed by atoms with E-state index in [1.165, 1.54) is 5.56 Å². The monoisotopic (exact) mass is 323 g/mol. The molecule has 2 aromatic carbocycles. The van der Waals surface area contributed by atoms with E-state index < -0.39 is 0 Å². The molecule has 0 fully saturated rings. The summed E-state index contributed by atoms with van der Waals surface area (Å²) in [6.07, 6.45) is 2.00. The number of hydrogen-bond acceptors (Lipinski definition) is 3. The molecule has 4 nitrogen and oxygen atoms in total. The lowest BCUT2D eigenvalue weighted by molar-refractivity contribution is -0.121. The fraction of sp³-hybridized carbons (Fsp3) is 0.300. The predicted molar refractivity (Wildman–Crippen MR) is 100 cm³/mol. The molecule has 24 heavy (non-hydrogen) atoms. The third-order valence-corrected chi connectivity index (χ3v) is 3.69. The van der Waals surface area contributed by atoms with Crippen LogP contribution in [0.3, 0.4) is 0 Å². The van der Waals surface area contributed by atoms with Crippen LogP contribution in [0, 0.1) is 6.92 Å². The number of nitrogens with one attached hydrogen (secondary N) is 2. The molecule has 0 saturated carbocycles. The van der Waals surface area contributed by atoms with E-state index in [-0.39, 0.29) is 5.91 Å². The van der Waals surface area contributed by atoms with Crippen molar-refractivity contribution in [3.05, 3.63) is 65.7 Å². The standard InChI is InChI=1S/C20H25N3O/c1-3-19(17-10-5-4-6-11-17)22-23-20(24)13-8-14-21-18-12-7-9-16(2)15-18/h4-7,9-12,15,21H,3,8,13-14H2,1-2H3,(H,23,24)/b22-19-. The highest BCUT2D eigenvalue weighted by atomic mass is 16.2. The van der Waals surface area contributed by atoms with Gasteiger partial charge in [-0.15, -0.1) is 0 Å². The van der Waals surface area contributed by atoms with E-state index >= 15 is 0 Å². The number of benzene rings is 2. The fourth-order valence-electron chi connectivity index (χ4n) is 2.40. The fourth-order valence-corrected chi connectivity index (χ4v) is 2.40. The Hall–Kier alpha value is -2.62. The summed E-state index contributed by atoms with van der Waals surface area (Å²) in [4.78, 5) is 11.9. The number of aryl methyl sites for hydroxylation is 1. The summed E-state index contributed by atoms with van der Waals surface area (Å²) in [6.45, 7) is 4.86. The molecule has 0 radical (unpaired) electrons. The zero-order valence-electron chi connectivity index (χ0n) is 14.4. The Bertz CT molecular complexity index is 680. The number of anilines is 1. The maximum Gasteiger partial charge on any atom is 0.240 e. The van der Waals surface area contributed by atoms with E-state index in [1.807, 2.05) is 49.4 Å². The molecule has 0 unspecified atom stereocenters. The summed E-state index contributed by atoms with van der Waals surface area (Å²) in [7, 11) is 0. The zero-order chi connectivity index (χ0) is 17.2. The highest BCUT2D eigenvalue weighted by Gasteiger charge is 2.03. The van der Waals surface area contributed by atoms with E-state index in [4.69, 9.17) is 0 Å². The summed E-state index contributed by atoms with van der Waals surface area (Å²) in [6, 6.07) is 18.1. The van der Waals surface area contributed by atoms with Crippen LogP contribution in [0.1, 0.15) is 37.3 Å². The van der Waals surface area contributed by atoms with Gasteiger partial charge in [-0.2, -0.15) is 5.10 Å². The topological polar surface area (TPSA) is 53.5 Å². The third-order valence-electron chi connectivity index (χ3n) is 3.69. The van der Waals surface area contributed by atoms with Crippen molar-refractivity contribution in [2.24, 2.45) is 5.10 Å². The quantitative estimate of drug-likeness (QED) is 0.436. The van der Waals surface area contributed by atoms with Gasteiger partial charge in [-0.05, 0) is 43.0 Å². The van der Waals surface area contributed by atoms with E-state index in [0.29, 0.717) is 6.42 Å². The van der Waals surface area contributed by atoms with E-state index in [0.717, 1.165) is 36.3 Å². The molecular formula is C20H25N3O. The van der Waals surface area contributed by atoms with Crippen molar-refractivity contribution >= 4 is 17.3 Å². The maximum atomic E-state index is 11.9. The normalized spacial score (nSPS) is 11.2. The second-order valence-corrected chi connectivity index (χ2v) is 5.71. The molecule has 2 aromatic rings. The Morgan fingerprint density at radius 2 is 1.88 bits per heavy atom. The summed E-state index contributed by atoms with van der Waals surface area (Å²) >= 11 is 0. The maximum absolute atomic E-state index is 11.9. The van der Waals surface area contributed by atoms with Gasteiger partial charge in [0.25, 0.3) is 0 Å². The highest BCUT2D eigenvalue weighted by molar-refractivity contribution is 6.00. The minimum atomic E-state index is -0.0528. The number of carbonyl (C=O) groups excluding carboxylic acids is 1. The van der Waals surface area contributed by atoms with Crippen molar-refractivity contribution in [3.8, 4) is 0 Å². The van der Waals surface area contributed by atoms with Crippen molar-refractivity contribution in [1.29, 1.82) is 0 Å². The lowest BCUT2D eigenvalue weighted by atomic mass is 10.1. The van der Waals surface area contributed by atoms with Crippen LogP contribution in [0.4, 0.5) is 5.69 Å². The molecule has 0 aromatic heterocycles. The summed E-state index contributed by atoms with van der Waals surface area (Å²) in [5.41, 5.74) is 6.91. The number of hydrogen-bond donors (Lipinski definition) is 2. The average molecular weight is 323 g/mol. The van der Waals surface area contributed by atoms with Crippen LogP contribution in [0.25, 0.3) is 0 Å². The number of nitrogens with zero attached hydrogens (tertiary/aromatic N) is 1. The Labute approximate surface area is 144 Å². The van der Waals surface area contributed by atoms with Gasteiger partial charge in [0.2, 0.25) is 5.91 Å². The summed E-state index contributed by atoms with van der Waals surface area (Å²) < 4.78 is 0. The number of hydrazone groups is 1. The first kappa shape index (κ1) is 17.7. The lowest BCUT2D eigenvalue weighted by Crippen LogP contribution is -2.20. The molecule has 126 valence electrons. The van der Waals surface area contributed by atoms with Crippen LogP contribution in [0.5, 0.6) is 0 Å². The minimum Gasteiger partial charge on any atom is -0.385 e. The summed E-state index contributed by atoms with van der Waals surface area (Å²) in [5.74, 6) is -0.0528. The van der Waals surface area contributed by atoms with Crippen molar-refractivity contribution in [3.63, 3.8) is 0 Å². The van der Waals surface area contributed by atoms with Gasteiger partial charge >= 0.3 is 0 Å². The molecule has 4 heteroatoms. The van der Waals surface area contributed by atoms with Gasteiger partial charge in [0.1, 0.15) is 0 Å². The molecule has 0 aliphatic rings. The molecule has 0 bridgehead atoms. The van der Waals surface area contributed by atoms with Crippen LogP contribution >= 0.6 is 0 Å². The van der Waals surface area contributed by atoms with E-state index in [1.54, 1.807) is 0 Å². The van der Waals surface area contributed by atoms with Crippen molar-refractivity contribution in [2.45, 2.75) is 33.1 Å². The Morgan fingerprint density at radius 3 is 2.58 bits per heavy atom. The Balaban J connectivity index is 1.74. The highest BCUT2D eigenvalue weighted by Crippen LogP contribution is 2.09. The number of rotatable bonds is 8. The second-order valence-electron chi connectivity index (χ2n) is 5.71. The smallest absolute Gasteiger partial charge is 0.240 e. The van der Waals surface area contributed by atoms with E-state index in [9.17, 15) is 4.79 Å². The zero-order valence-corrected chi connectivity index (χ0v) is 14.4. The van der Waals surface area contributed by atoms with Crippen LogP contribution in [-0.4, -0.2) is 18.2 Å². The van der Waals surface area contributed by atoms with Gasteiger partial charge in [0, 0.05) is 18.7 Å². The first-order valence-electron chi connectivity index (χ1n) is 8.40. The molecule has 2 N–H and O–H groups in total. The minimum absolute atomic E-state index is 0.0528. The molecule has 0 atom stereocenters. The average Bonchev–Trinajstić information content (AvgIpc) is 2.60. The van der Waals surface area contributed by atoms with Gasteiger partial charge in [-0.3, -0.25) is 4.79 Å². The van der Waals surface area contributed by atoms with Gasteiger partial charge < -0.3 is 5.32 Å². The number of amides is 1.